The van der Waals surface area contributed by atoms with E-state index in [1.807, 2.05) is 0 Å². The molecule has 1 aromatic heterocycles. The second-order valence-corrected chi connectivity index (χ2v) is 8.69. The number of nitrogens with zero attached hydrogens (tertiary/aromatic N) is 2. The van der Waals surface area contributed by atoms with E-state index in [1.165, 1.54) is 25.3 Å². The van der Waals surface area contributed by atoms with Crippen molar-refractivity contribution >= 4 is 40.8 Å². The van der Waals surface area contributed by atoms with Gasteiger partial charge in [-0.1, -0.05) is 81.0 Å². The monoisotopic (exact) mass is 374 g/mol. The average molecular weight is 375 g/mol. The van der Waals surface area contributed by atoms with Crippen LogP contribution in [-0.2, 0) is 9.53 Å². The minimum Gasteiger partial charge on any atom is -0.458 e. The number of esters is 1. The van der Waals surface area contributed by atoms with Crippen molar-refractivity contribution in [1.29, 1.82) is 0 Å². The second-order valence-electron chi connectivity index (χ2n) is 5.11. The van der Waals surface area contributed by atoms with Crippen LogP contribution >= 0.6 is 34.9 Å². The van der Waals surface area contributed by atoms with Gasteiger partial charge in [0.05, 0.1) is 0 Å². The van der Waals surface area contributed by atoms with Gasteiger partial charge in [0.15, 0.2) is 8.68 Å². The first-order valence-electron chi connectivity index (χ1n) is 8.11. The van der Waals surface area contributed by atoms with Gasteiger partial charge in [0.25, 0.3) is 0 Å². The summed E-state index contributed by atoms with van der Waals surface area (Å²) in [6.07, 6.45) is 7.87. The molecule has 0 amide bonds. The SMILES string of the molecule is C=CC(=O)OC(CCCC)CSc1nnc(SCCCCC)s1. The van der Waals surface area contributed by atoms with E-state index in [4.69, 9.17) is 4.74 Å². The van der Waals surface area contributed by atoms with Crippen molar-refractivity contribution in [1.82, 2.24) is 10.2 Å². The largest absolute Gasteiger partial charge is 0.458 e. The molecule has 130 valence electrons. The lowest BCUT2D eigenvalue weighted by molar-refractivity contribution is -0.142. The van der Waals surface area contributed by atoms with Crippen LogP contribution in [-0.4, -0.2) is 33.8 Å². The summed E-state index contributed by atoms with van der Waals surface area (Å²) in [4.78, 5) is 11.4. The second kappa shape index (κ2) is 12.8. The van der Waals surface area contributed by atoms with Crippen LogP contribution in [0.15, 0.2) is 21.3 Å². The Morgan fingerprint density at radius 1 is 1.22 bits per heavy atom. The van der Waals surface area contributed by atoms with Crippen molar-refractivity contribution in [2.24, 2.45) is 0 Å². The third kappa shape index (κ3) is 9.37. The molecular weight excluding hydrogens is 348 g/mol. The predicted octanol–water partition coefficient (Wildman–Crippen LogP) is 5.20. The smallest absolute Gasteiger partial charge is 0.330 e. The number of hydrogen-bond acceptors (Lipinski definition) is 7. The van der Waals surface area contributed by atoms with E-state index in [1.54, 1.807) is 34.9 Å². The van der Waals surface area contributed by atoms with Crippen molar-refractivity contribution in [3.8, 4) is 0 Å². The van der Waals surface area contributed by atoms with E-state index < -0.39 is 0 Å². The van der Waals surface area contributed by atoms with E-state index >= 15 is 0 Å². The van der Waals surface area contributed by atoms with Gasteiger partial charge in [-0.25, -0.2) is 4.79 Å². The summed E-state index contributed by atoms with van der Waals surface area (Å²) < 4.78 is 7.36. The molecule has 0 bridgehead atoms. The van der Waals surface area contributed by atoms with E-state index in [-0.39, 0.29) is 12.1 Å². The summed E-state index contributed by atoms with van der Waals surface area (Å²) in [5.41, 5.74) is 0. The molecule has 1 heterocycles. The minimum atomic E-state index is -0.351. The highest BCUT2D eigenvalue weighted by molar-refractivity contribution is 8.03. The molecule has 1 aromatic rings. The van der Waals surface area contributed by atoms with Crippen LogP contribution in [0.25, 0.3) is 0 Å². The molecule has 0 aromatic carbocycles. The first-order chi connectivity index (χ1) is 11.2. The number of aromatic nitrogens is 2. The maximum atomic E-state index is 11.4. The van der Waals surface area contributed by atoms with Crippen LogP contribution in [0.4, 0.5) is 0 Å². The van der Waals surface area contributed by atoms with Crippen LogP contribution < -0.4 is 0 Å². The first kappa shape index (κ1) is 20.5. The molecule has 7 heteroatoms. The fraction of sp³-hybridized carbons (Fsp3) is 0.688. The van der Waals surface area contributed by atoms with Crippen LogP contribution in [0.5, 0.6) is 0 Å². The highest BCUT2D eigenvalue weighted by Crippen LogP contribution is 2.30. The first-order valence-corrected chi connectivity index (χ1v) is 10.9. The summed E-state index contributed by atoms with van der Waals surface area (Å²) in [6, 6.07) is 0. The Balaban J connectivity index is 2.39. The third-order valence-electron chi connectivity index (χ3n) is 3.08. The van der Waals surface area contributed by atoms with E-state index in [9.17, 15) is 4.79 Å². The maximum Gasteiger partial charge on any atom is 0.330 e. The van der Waals surface area contributed by atoms with Gasteiger partial charge in [-0.3, -0.25) is 0 Å². The number of rotatable bonds is 13. The third-order valence-corrected chi connectivity index (χ3v) is 6.49. The molecule has 0 N–H and O–H groups in total. The molecule has 0 spiro atoms. The standard InChI is InChI=1S/C16H26N2O2S3/c1-4-7-9-11-21-15-17-18-16(23-15)22-12-13(10-8-5-2)20-14(19)6-3/h6,13H,3-5,7-12H2,1-2H3. The van der Waals surface area contributed by atoms with Crippen molar-refractivity contribution < 1.29 is 9.53 Å². The molecular formula is C16H26N2O2S3. The Morgan fingerprint density at radius 2 is 1.91 bits per heavy atom. The fourth-order valence-electron chi connectivity index (χ4n) is 1.81. The van der Waals surface area contributed by atoms with Gasteiger partial charge in [0.2, 0.25) is 0 Å². The predicted molar refractivity (Wildman–Crippen MR) is 100 cm³/mol. The zero-order valence-corrected chi connectivity index (χ0v) is 16.4. The lowest BCUT2D eigenvalue weighted by Crippen LogP contribution is -2.19. The fourth-order valence-corrected chi connectivity index (χ4v) is 4.96. The van der Waals surface area contributed by atoms with E-state index in [0.717, 1.165) is 33.7 Å². The summed E-state index contributed by atoms with van der Waals surface area (Å²) >= 11 is 5.02. The van der Waals surface area contributed by atoms with Gasteiger partial charge in [-0.15, -0.1) is 10.2 Å². The summed E-state index contributed by atoms with van der Waals surface area (Å²) in [5.74, 6) is 1.47. The molecule has 1 atom stereocenters. The molecule has 0 saturated heterocycles. The van der Waals surface area contributed by atoms with Crippen molar-refractivity contribution in [3.05, 3.63) is 12.7 Å². The maximum absolute atomic E-state index is 11.4. The molecule has 0 radical (unpaired) electrons. The molecule has 4 nitrogen and oxygen atoms in total. The number of carbonyl (C=O) groups is 1. The molecule has 1 rings (SSSR count). The Labute approximate surface area is 151 Å². The Bertz CT molecular complexity index is 466. The minimum absolute atomic E-state index is 0.0880. The lowest BCUT2D eigenvalue weighted by atomic mass is 10.2. The summed E-state index contributed by atoms with van der Waals surface area (Å²) in [6.45, 7) is 7.79. The highest BCUT2D eigenvalue weighted by Gasteiger charge is 2.15. The molecule has 23 heavy (non-hydrogen) atoms. The van der Waals surface area contributed by atoms with Crippen LogP contribution in [0, 0.1) is 0 Å². The van der Waals surface area contributed by atoms with Gasteiger partial charge in [0, 0.05) is 17.6 Å². The number of ether oxygens (including phenoxy) is 1. The Hall–Kier alpha value is -0.530. The van der Waals surface area contributed by atoms with Crippen LogP contribution in [0.2, 0.25) is 0 Å². The molecule has 0 aliphatic rings. The van der Waals surface area contributed by atoms with Gasteiger partial charge >= 0.3 is 5.97 Å². The van der Waals surface area contributed by atoms with Gasteiger partial charge in [-0.05, 0) is 12.8 Å². The van der Waals surface area contributed by atoms with Crippen molar-refractivity contribution in [2.45, 2.75) is 67.2 Å². The topological polar surface area (TPSA) is 52.1 Å². The van der Waals surface area contributed by atoms with Gasteiger partial charge in [0.1, 0.15) is 6.10 Å². The number of carbonyl (C=O) groups excluding carboxylic acids is 1. The van der Waals surface area contributed by atoms with Crippen LogP contribution in [0.3, 0.4) is 0 Å². The van der Waals surface area contributed by atoms with Gasteiger partial charge in [-0.2, -0.15) is 0 Å². The van der Waals surface area contributed by atoms with E-state index in [2.05, 4.69) is 30.6 Å². The van der Waals surface area contributed by atoms with Crippen LogP contribution in [0.1, 0.15) is 52.4 Å². The Kier molecular flexibility index (Phi) is 11.5. The molecule has 0 saturated carbocycles. The lowest BCUT2D eigenvalue weighted by Gasteiger charge is -2.15. The molecule has 0 aliphatic heterocycles. The molecule has 1 unspecified atom stereocenters. The quantitative estimate of drug-likeness (QED) is 0.205. The van der Waals surface area contributed by atoms with Gasteiger partial charge < -0.3 is 4.74 Å². The summed E-state index contributed by atoms with van der Waals surface area (Å²) in [7, 11) is 0. The van der Waals surface area contributed by atoms with Crippen molar-refractivity contribution in [2.75, 3.05) is 11.5 Å². The normalized spacial score (nSPS) is 12.1. The number of hydrogen-bond donors (Lipinski definition) is 0. The highest BCUT2D eigenvalue weighted by atomic mass is 32.2. The summed E-state index contributed by atoms with van der Waals surface area (Å²) in [5, 5.41) is 8.43. The number of thioether (sulfide) groups is 2. The Morgan fingerprint density at radius 3 is 2.57 bits per heavy atom. The zero-order valence-electron chi connectivity index (χ0n) is 14.0. The molecule has 0 aliphatic carbocycles. The number of unbranched alkanes of at least 4 members (excludes halogenated alkanes) is 3. The van der Waals surface area contributed by atoms with E-state index in [0.29, 0.717) is 5.75 Å². The van der Waals surface area contributed by atoms with Crippen molar-refractivity contribution in [3.63, 3.8) is 0 Å². The molecule has 0 fully saturated rings. The zero-order chi connectivity index (χ0) is 16.9. The average Bonchev–Trinajstić information content (AvgIpc) is 3.01.